The zero-order valence-corrected chi connectivity index (χ0v) is 14.5. The standard InChI is InChI=1S/C20H30N2O/c1-3-4-5-6-7-8-13-20(23)19(21-2)14-16-15-22-18-12-10-9-11-17(16)18/h9-12,15,19,21-22H,3-8,13-14H2,1-2H3/t19-/m0/s1. The van der Waals surface area contributed by atoms with Crippen molar-refractivity contribution in [1.29, 1.82) is 0 Å². The first-order valence-electron chi connectivity index (χ1n) is 9.01. The zero-order valence-electron chi connectivity index (χ0n) is 14.5. The van der Waals surface area contributed by atoms with Crippen molar-refractivity contribution in [3.63, 3.8) is 0 Å². The van der Waals surface area contributed by atoms with Gasteiger partial charge < -0.3 is 10.3 Å². The smallest absolute Gasteiger partial charge is 0.150 e. The Kier molecular flexibility index (Phi) is 7.34. The van der Waals surface area contributed by atoms with E-state index in [2.05, 4.69) is 29.4 Å². The van der Waals surface area contributed by atoms with Gasteiger partial charge in [0.25, 0.3) is 0 Å². The van der Waals surface area contributed by atoms with Crippen LogP contribution in [0.1, 0.15) is 57.4 Å². The van der Waals surface area contributed by atoms with Crippen LogP contribution >= 0.6 is 0 Å². The third kappa shape index (κ3) is 5.21. The molecule has 1 aromatic heterocycles. The number of hydrogen-bond donors (Lipinski definition) is 2. The summed E-state index contributed by atoms with van der Waals surface area (Å²) in [7, 11) is 1.89. The van der Waals surface area contributed by atoms with Gasteiger partial charge >= 0.3 is 0 Å². The molecular formula is C20H30N2O. The minimum atomic E-state index is -0.0788. The molecule has 0 aliphatic heterocycles. The molecule has 2 rings (SSSR count). The van der Waals surface area contributed by atoms with E-state index >= 15 is 0 Å². The Bertz CT molecular complexity index is 602. The molecule has 1 aromatic carbocycles. The Hall–Kier alpha value is -1.61. The lowest BCUT2D eigenvalue weighted by Crippen LogP contribution is -2.35. The fourth-order valence-corrected chi connectivity index (χ4v) is 3.15. The molecular weight excluding hydrogens is 284 g/mol. The second-order valence-electron chi connectivity index (χ2n) is 6.39. The summed E-state index contributed by atoms with van der Waals surface area (Å²) in [5, 5.41) is 4.42. The van der Waals surface area contributed by atoms with Crippen molar-refractivity contribution in [3.8, 4) is 0 Å². The van der Waals surface area contributed by atoms with Crippen LogP contribution in [-0.2, 0) is 11.2 Å². The molecule has 2 aromatic rings. The van der Waals surface area contributed by atoms with Crippen LogP contribution < -0.4 is 5.32 Å². The van der Waals surface area contributed by atoms with Crippen LogP contribution in [0.2, 0.25) is 0 Å². The number of benzene rings is 1. The van der Waals surface area contributed by atoms with Crippen molar-refractivity contribution in [2.75, 3.05) is 7.05 Å². The van der Waals surface area contributed by atoms with E-state index < -0.39 is 0 Å². The number of aromatic amines is 1. The summed E-state index contributed by atoms with van der Waals surface area (Å²) in [5.41, 5.74) is 2.36. The van der Waals surface area contributed by atoms with Gasteiger partial charge in [-0.1, -0.05) is 57.2 Å². The third-order valence-electron chi connectivity index (χ3n) is 4.61. The molecule has 0 bridgehead atoms. The summed E-state index contributed by atoms with van der Waals surface area (Å²) in [6, 6.07) is 8.19. The van der Waals surface area contributed by atoms with Crippen molar-refractivity contribution in [2.24, 2.45) is 0 Å². The minimum Gasteiger partial charge on any atom is -0.361 e. The average molecular weight is 314 g/mol. The minimum absolute atomic E-state index is 0.0788. The molecule has 0 spiro atoms. The number of H-pyrrole nitrogens is 1. The molecule has 23 heavy (non-hydrogen) atoms. The van der Waals surface area contributed by atoms with Gasteiger partial charge in [-0.05, 0) is 31.5 Å². The molecule has 0 saturated carbocycles. The van der Waals surface area contributed by atoms with E-state index in [1.165, 1.54) is 43.1 Å². The Morgan fingerprint density at radius 3 is 2.65 bits per heavy atom. The molecule has 0 amide bonds. The van der Waals surface area contributed by atoms with Crippen molar-refractivity contribution in [3.05, 3.63) is 36.0 Å². The molecule has 0 aliphatic carbocycles. The molecule has 0 unspecified atom stereocenters. The lowest BCUT2D eigenvalue weighted by molar-refractivity contribution is -0.121. The van der Waals surface area contributed by atoms with Gasteiger partial charge in [-0.2, -0.15) is 0 Å². The number of Topliss-reactive ketones (excluding diaryl/α,β-unsaturated/α-hetero) is 1. The maximum absolute atomic E-state index is 12.5. The van der Waals surface area contributed by atoms with Crippen LogP contribution in [0.4, 0.5) is 0 Å². The number of aromatic nitrogens is 1. The van der Waals surface area contributed by atoms with Crippen LogP contribution in [0.15, 0.2) is 30.5 Å². The molecule has 1 atom stereocenters. The topological polar surface area (TPSA) is 44.9 Å². The zero-order chi connectivity index (χ0) is 16.5. The monoisotopic (exact) mass is 314 g/mol. The first-order chi connectivity index (χ1) is 11.3. The molecule has 1 heterocycles. The van der Waals surface area contributed by atoms with E-state index in [-0.39, 0.29) is 6.04 Å². The van der Waals surface area contributed by atoms with Gasteiger partial charge in [0, 0.05) is 23.5 Å². The molecule has 0 saturated heterocycles. The molecule has 0 radical (unpaired) electrons. The van der Waals surface area contributed by atoms with E-state index in [4.69, 9.17) is 0 Å². The van der Waals surface area contributed by atoms with Crippen LogP contribution in [0.5, 0.6) is 0 Å². The summed E-state index contributed by atoms with van der Waals surface area (Å²) < 4.78 is 0. The number of hydrogen-bond acceptors (Lipinski definition) is 2. The molecule has 0 fully saturated rings. The summed E-state index contributed by atoms with van der Waals surface area (Å²) in [6.45, 7) is 2.23. The number of carbonyl (C=O) groups is 1. The first-order valence-corrected chi connectivity index (χ1v) is 9.01. The summed E-state index contributed by atoms with van der Waals surface area (Å²) in [4.78, 5) is 15.7. The first kappa shape index (κ1) is 17.7. The Labute approximate surface area is 139 Å². The molecule has 3 nitrogen and oxygen atoms in total. The largest absolute Gasteiger partial charge is 0.361 e. The quantitative estimate of drug-likeness (QED) is 0.595. The predicted molar refractivity (Wildman–Crippen MR) is 97.9 cm³/mol. The molecule has 126 valence electrons. The van der Waals surface area contributed by atoms with E-state index in [0.717, 1.165) is 18.4 Å². The summed E-state index contributed by atoms with van der Waals surface area (Å²) in [5.74, 6) is 0.341. The van der Waals surface area contributed by atoms with Crippen molar-refractivity contribution < 1.29 is 4.79 Å². The highest BCUT2D eigenvalue weighted by atomic mass is 16.1. The van der Waals surface area contributed by atoms with E-state index in [9.17, 15) is 4.79 Å². The van der Waals surface area contributed by atoms with Gasteiger partial charge in [-0.3, -0.25) is 4.79 Å². The average Bonchev–Trinajstić information content (AvgIpc) is 2.98. The van der Waals surface area contributed by atoms with Gasteiger partial charge in [0.05, 0.1) is 6.04 Å². The molecule has 0 aliphatic rings. The van der Waals surface area contributed by atoms with Crippen molar-refractivity contribution in [1.82, 2.24) is 10.3 Å². The van der Waals surface area contributed by atoms with E-state index in [1.54, 1.807) is 0 Å². The van der Waals surface area contributed by atoms with Crippen LogP contribution in [-0.4, -0.2) is 23.9 Å². The Morgan fingerprint density at radius 1 is 1.13 bits per heavy atom. The number of likely N-dealkylation sites (N-methyl/N-ethyl adjacent to an activating group) is 1. The fourth-order valence-electron chi connectivity index (χ4n) is 3.15. The predicted octanol–water partition coefficient (Wildman–Crippen LogP) is 4.62. The lowest BCUT2D eigenvalue weighted by Gasteiger charge is -2.14. The van der Waals surface area contributed by atoms with Crippen LogP contribution in [0.3, 0.4) is 0 Å². The van der Waals surface area contributed by atoms with Crippen molar-refractivity contribution in [2.45, 2.75) is 64.3 Å². The number of ketones is 1. The summed E-state index contributed by atoms with van der Waals surface area (Å²) in [6.07, 6.45) is 10.8. The van der Waals surface area contributed by atoms with Gasteiger partial charge in [-0.25, -0.2) is 0 Å². The van der Waals surface area contributed by atoms with Gasteiger partial charge in [0.1, 0.15) is 5.78 Å². The molecule has 2 N–H and O–H groups in total. The molecule has 3 heteroatoms. The number of carbonyl (C=O) groups excluding carboxylic acids is 1. The highest BCUT2D eigenvalue weighted by Gasteiger charge is 2.18. The van der Waals surface area contributed by atoms with E-state index in [0.29, 0.717) is 12.2 Å². The normalized spacial score (nSPS) is 12.6. The second-order valence-corrected chi connectivity index (χ2v) is 6.39. The Balaban J connectivity index is 1.83. The van der Waals surface area contributed by atoms with Gasteiger partial charge in [-0.15, -0.1) is 0 Å². The highest BCUT2D eigenvalue weighted by Crippen LogP contribution is 2.20. The number of para-hydroxylation sites is 1. The number of fused-ring (bicyclic) bond motifs is 1. The van der Waals surface area contributed by atoms with Crippen LogP contribution in [0, 0.1) is 0 Å². The number of unbranched alkanes of at least 4 members (excludes halogenated alkanes) is 5. The lowest BCUT2D eigenvalue weighted by atomic mass is 9.98. The maximum Gasteiger partial charge on any atom is 0.150 e. The van der Waals surface area contributed by atoms with Crippen LogP contribution in [0.25, 0.3) is 10.9 Å². The van der Waals surface area contributed by atoms with Crippen molar-refractivity contribution >= 4 is 16.7 Å². The Morgan fingerprint density at radius 2 is 1.87 bits per heavy atom. The number of rotatable bonds is 11. The van der Waals surface area contributed by atoms with Gasteiger partial charge in [0.2, 0.25) is 0 Å². The fraction of sp³-hybridized carbons (Fsp3) is 0.550. The third-order valence-corrected chi connectivity index (χ3v) is 4.61. The maximum atomic E-state index is 12.5. The SMILES string of the molecule is CCCCCCCCC(=O)[C@H](Cc1c[nH]c2ccccc12)NC. The van der Waals surface area contributed by atoms with Gasteiger partial charge in [0.15, 0.2) is 0 Å². The highest BCUT2D eigenvalue weighted by molar-refractivity contribution is 5.87. The number of nitrogens with one attached hydrogen (secondary N) is 2. The second kappa shape index (κ2) is 9.51. The summed E-state index contributed by atoms with van der Waals surface area (Å²) >= 11 is 0. The van der Waals surface area contributed by atoms with E-state index in [1.807, 2.05) is 25.4 Å².